The first-order chi connectivity index (χ1) is 25.6. The second kappa shape index (κ2) is 23.5. The zero-order chi connectivity index (χ0) is 42.2. The summed E-state index contributed by atoms with van der Waals surface area (Å²) < 4.78 is 0. The van der Waals surface area contributed by atoms with E-state index in [4.69, 9.17) is 11.5 Å². The van der Waals surface area contributed by atoms with Gasteiger partial charge >= 0.3 is 11.9 Å². The third-order valence-electron chi connectivity index (χ3n) is 8.95. The highest BCUT2D eigenvalue weighted by Crippen LogP contribution is 2.20. The fourth-order valence-electron chi connectivity index (χ4n) is 5.81. The molecule has 1 heterocycles. The van der Waals surface area contributed by atoms with E-state index in [0.29, 0.717) is 12.8 Å². The number of nitrogens with two attached hydrogens (primary N) is 2. The van der Waals surface area contributed by atoms with Crippen molar-refractivity contribution in [2.75, 3.05) is 13.1 Å². The molecule has 0 spiro atoms. The number of nitrogens with zero attached hydrogens (tertiary/aromatic N) is 1. The zero-order valence-electron chi connectivity index (χ0n) is 32.0. The molecule has 0 radical (unpaired) electrons. The molecule has 0 unspecified atom stereocenters. The minimum absolute atomic E-state index is 0.0602. The summed E-state index contributed by atoms with van der Waals surface area (Å²) in [6.45, 7) is 7.63. The van der Waals surface area contributed by atoms with Gasteiger partial charge in [0.1, 0.15) is 36.3 Å². The lowest BCUT2D eigenvalue weighted by Gasteiger charge is -2.30. The minimum Gasteiger partial charge on any atom is -0.481 e. The first kappa shape index (κ1) is 48.6. The molecule has 0 aliphatic carbocycles. The Morgan fingerprint density at radius 2 is 1.22 bits per heavy atom. The predicted octanol–water partition coefficient (Wildman–Crippen LogP) is -4.00. The van der Waals surface area contributed by atoms with Crippen LogP contribution in [-0.2, 0) is 38.4 Å². The Bertz CT molecular complexity index is 1350. The van der Waals surface area contributed by atoms with Crippen molar-refractivity contribution in [2.45, 2.75) is 147 Å². The largest absolute Gasteiger partial charge is 0.481 e. The molecule has 14 N–H and O–H groups in total. The molecule has 6 amide bonds. The van der Waals surface area contributed by atoms with E-state index < -0.39 is 121 Å². The smallest absolute Gasteiger partial charge is 0.328 e. The highest BCUT2D eigenvalue weighted by Gasteiger charge is 2.40. The third kappa shape index (κ3) is 16.1. The summed E-state index contributed by atoms with van der Waals surface area (Å²) in [5, 5.41) is 60.6. The summed E-state index contributed by atoms with van der Waals surface area (Å²) in [5.74, 6) is -8.36. The lowest BCUT2D eigenvalue weighted by molar-refractivity contribution is -0.145. The van der Waals surface area contributed by atoms with Gasteiger partial charge in [0.2, 0.25) is 35.4 Å². The van der Waals surface area contributed by atoms with Crippen molar-refractivity contribution in [1.29, 1.82) is 0 Å². The highest BCUT2D eigenvalue weighted by atomic mass is 16.4. The molecule has 1 fully saturated rings. The number of rotatable bonds is 24. The molecule has 0 bridgehead atoms. The van der Waals surface area contributed by atoms with Crippen molar-refractivity contribution < 1.29 is 63.9 Å². The summed E-state index contributed by atoms with van der Waals surface area (Å²) in [6.07, 6.45) is -3.93. The van der Waals surface area contributed by atoms with Crippen molar-refractivity contribution in [3.63, 3.8) is 0 Å². The van der Waals surface area contributed by atoms with E-state index in [1.807, 2.05) is 0 Å². The Hall–Kier alpha value is -4.44. The molecule has 1 aliphatic rings. The van der Waals surface area contributed by atoms with Gasteiger partial charge in [-0.2, -0.15) is 0 Å². The molecular weight excluding hydrogens is 728 g/mol. The maximum Gasteiger partial charge on any atom is 0.328 e. The molecule has 0 aromatic carbocycles. The second-order valence-electron chi connectivity index (χ2n) is 14.3. The number of carboxylic acid groups (broad SMARTS) is 2. The van der Waals surface area contributed by atoms with Crippen LogP contribution in [-0.4, -0.2) is 152 Å². The molecule has 1 saturated heterocycles. The Labute approximate surface area is 319 Å². The zero-order valence-corrected chi connectivity index (χ0v) is 32.0. The molecule has 314 valence electrons. The number of hydrogen-bond donors (Lipinski definition) is 12. The molecule has 0 aromatic rings. The highest BCUT2D eigenvalue weighted by molar-refractivity contribution is 5.97. The molecule has 1 rings (SSSR count). The predicted molar refractivity (Wildman–Crippen MR) is 194 cm³/mol. The maximum atomic E-state index is 13.6. The van der Waals surface area contributed by atoms with Crippen LogP contribution in [0, 0.1) is 5.92 Å². The molecule has 0 aromatic heterocycles. The topological polar surface area (TPSA) is 353 Å². The number of aliphatic carboxylic acids is 2. The van der Waals surface area contributed by atoms with E-state index in [9.17, 15) is 63.9 Å². The Morgan fingerprint density at radius 1 is 0.691 bits per heavy atom. The van der Waals surface area contributed by atoms with Gasteiger partial charge in [-0.15, -0.1) is 0 Å². The van der Waals surface area contributed by atoms with Gasteiger partial charge in [0.25, 0.3) is 0 Å². The van der Waals surface area contributed by atoms with Crippen LogP contribution < -0.4 is 38.1 Å². The van der Waals surface area contributed by atoms with E-state index in [2.05, 4.69) is 26.6 Å². The van der Waals surface area contributed by atoms with Gasteiger partial charge in [0.15, 0.2) is 6.04 Å². The van der Waals surface area contributed by atoms with Crippen LogP contribution in [0.1, 0.15) is 86.0 Å². The Morgan fingerprint density at radius 3 is 1.73 bits per heavy atom. The van der Waals surface area contributed by atoms with Crippen molar-refractivity contribution >= 4 is 47.4 Å². The quantitative estimate of drug-likeness (QED) is 0.0415. The summed E-state index contributed by atoms with van der Waals surface area (Å²) in [6, 6.07) is -9.98. The van der Waals surface area contributed by atoms with Crippen molar-refractivity contribution in [2.24, 2.45) is 17.4 Å². The number of unbranched alkanes of at least 4 members (excludes halogenated alkanes) is 1. The summed E-state index contributed by atoms with van der Waals surface area (Å²) in [5.41, 5.74) is 11.4. The minimum atomic E-state index is -1.79. The third-order valence-corrected chi connectivity index (χ3v) is 8.95. The fraction of sp³-hybridized carbons (Fsp3) is 0.765. The number of nitrogens with one attached hydrogen (secondary N) is 5. The van der Waals surface area contributed by atoms with E-state index in [0.717, 1.165) is 6.92 Å². The normalized spacial score (nSPS) is 19.0. The number of likely N-dealkylation sites (tertiary alicyclic amines) is 1. The lowest BCUT2D eigenvalue weighted by Crippen LogP contribution is -2.62. The number of aliphatic hydroxyl groups excluding tert-OH is 3. The average molecular weight is 789 g/mol. The van der Waals surface area contributed by atoms with Crippen LogP contribution >= 0.6 is 0 Å². The van der Waals surface area contributed by atoms with Crippen LogP contribution in [0.15, 0.2) is 0 Å². The molecule has 0 saturated carbocycles. The number of hydrogen-bond acceptors (Lipinski definition) is 13. The van der Waals surface area contributed by atoms with Crippen LogP contribution in [0.5, 0.6) is 0 Å². The summed E-state index contributed by atoms with van der Waals surface area (Å²) in [7, 11) is 0. The fourth-order valence-corrected chi connectivity index (χ4v) is 5.81. The van der Waals surface area contributed by atoms with E-state index in [-0.39, 0.29) is 44.7 Å². The van der Waals surface area contributed by atoms with Crippen LogP contribution in [0.2, 0.25) is 0 Å². The van der Waals surface area contributed by atoms with Gasteiger partial charge in [0.05, 0.1) is 18.3 Å². The van der Waals surface area contributed by atoms with E-state index >= 15 is 0 Å². The van der Waals surface area contributed by atoms with Gasteiger partial charge in [-0.3, -0.25) is 33.6 Å². The molecule has 10 atom stereocenters. The van der Waals surface area contributed by atoms with Crippen molar-refractivity contribution in [3.05, 3.63) is 0 Å². The van der Waals surface area contributed by atoms with Gasteiger partial charge in [-0.05, 0) is 78.2 Å². The van der Waals surface area contributed by atoms with Gasteiger partial charge in [0, 0.05) is 13.0 Å². The molecular formula is C34H60N8O13. The maximum absolute atomic E-state index is 13.6. The number of carbonyl (C=O) groups excluding carboxylic acids is 6. The standard InChI is InChI=1S/C34H60N8O13/c1-16(2)15-22(39-31(51)23-10-8-14-42(23)33(53)25(36)17(3)43)30(50)40-26(18(4)44)32(52)38-20(9-6-7-13-35)28(48)37-21(11-12-24(46)47)29(49)41-27(19(5)45)34(54)55/h16-23,25-27,43-45H,6-15,35-36H2,1-5H3,(H,37,48)(H,38,52)(H,39,51)(H,40,50)(H,41,49)(H,46,47)(H,54,55)/t17-,18-,19-,20+,21+,22+,23+,25+,26+,27+/m1/s1. The molecule has 1 aliphatic heterocycles. The Balaban J connectivity index is 3.27. The number of carboxylic acids is 2. The van der Waals surface area contributed by atoms with Crippen LogP contribution in [0.25, 0.3) is 0 Å². The summed E-state index contributed by atoms with van der Waals surface area (Å²) >= 11 is 0. The van der Waals surface area contributed by atoms with Crippen LogP contribution in [0.3, 0.4) is 0 Å². The lowest BCUT2D eigenvalue weighted by atomic mass is 10.0. The Kier molecular flexibility index (Phi) is 20.7. The van der Waals surface area contributed by atoms with Gasteiger partial charge < -0.3 is 68.5 Å². The summed E-state index contributed by atoms with van der Waals surface area (Å²) in [4.78, 5) is 104. The van der Waals surface area contributed by atoms with Crippen LogP contribution in [0.4, 0.5) is 0 Å². The number of amides is 6. The average Bonchev–Trinajstić information content (AvgIpc) is 3.59. The first-order valence-corrected chi connectivity index (χ1v) is 18.4. The van der Waals surface area contributed by atoms with Crippen molar-refractivity contribution in [3.8, 4) is 0 Å². The SMILES string of the molecule is CC(C)C[C@H](NC(=O)[C@@H]1CCCN1C(=O)[C@@H](N)[C@@H](C)O)C(=O)N[C@H](C(=O)N[C@@H](CCCCN)C(=O)N[C@@H](CCC(=O)O)C(=O)N[C@H](C(=O)O)[C@@H](C)O)[C@@H](C)O. The van der Waals surface area contributed by atoms with Gasteiger partial charge in [-0.25, -0.2) is 4.79 Å². The first-order valence-electron chi connectivity index (χ1n) is 18.4. The van der Waals surface area contributed by atoms with E-state index in [1.54, 1.807) is 13.8 Å². The van der Waals surface area contributed by atoms with Crippen molar-refractivity contribution in [1.82, 2.24) is 31.5 Å². The number of carbonyl (C=O) groups is 8. The molecule has 21 heteroatoms. The molecule has 21 nitrogen and oxygen atoms in total. The molecule has 55 heavy (non-hydrogen) atoms. The second-order valence-corrected chi connectivity index (χ2v) is 14.3. The van der Waals surface area contributed by atoms with Gasteiger partial charge in [-0.1, -0.05) is 13.8 Å². The monoisotopic (exact) mass is 788 g/mol. The number of aliphatic hydroxyl groups is 3. The van der Waals surface area contributed by atoms with E-state index in [1.165, 1.54) is 18.7 Å².